The van der Waals surface area contributed by atoms with E-state index in [1.807, 2.05) is 36.0 Å². The Morgan fingerprint density at radius 3 is 2.48 bits per heavy atom. The van der Waals surface area contributed by atoms with Gasteiger partial charge in [0.15, 0.2) is 0 Å². The third-order valence-electron chi connectivity index (χ3n) is 4.44. The van der Waals surface area contributed by atoms with Gasteiger partial charge < -0.3 is 5.73 Å². The lowest BCUT2D eigenvalue weighted by atomic mass is 10.0. The lowest BCUT2D eigenvalue weighted by Gasteiger charge is -2.14. The minimum absolute atomic E-state index is 0.0886. The van der Waals surface area contributed by atoms with Gasteiger partial charge in [-0.25, -0.2) is 4.68 Å². The molecular weight excluding hydrogens is 286 g/mol. The molecule has 0 spiro atoms. The molecule has 1 aromatic heterocycles. The van der Waals surface area contributed by atoms with Crippen molar-refractivity contribution in [3.8, 4) is 0 Å². The molecule has 1 heterocycles. The van der Waals surface area contributed by atoms with Crippen molar-refractivity contribution in [3.63, 3.8) is 0 Å². The number of nitrogens with two attached hydrogens (primary N) is 1. The van der Waals surface area contributed by atoms with Crippen LogP contribution in [0.2, 0.25) is 5.02 Å². The number of nitrogen functional groups attached to an aromatic ring is 1. The average molecular weight is 306 g/mol. The number of nitrogens with zero attached hydrogens (tertiary/aromatic N) is 2. The number of hydrogen-bond acceptors (Lipinski definition) is 2. The smallest absolute Gasteiger partial charge is 0.290 e. The van der Waals surface area contributed by atoms with Crippen LogP contribution in [0.15, 0.2) is 29.1 Å². The standard InChI is InChI=1S/C16H20ClN3O/c1-19-15(12-4-2-3-5-12)14(18)16(21)20(19)10-11-6-8-13(17)9-7-11/h6-9,12H,2-5,10,18H2,1H3. The third kappa shape index (κ3) is 2.60. The quantitative estimate of drug-likeness (QED) is 0.947. The Morgan fingerprint density at radius 1 is 1.24 bits per heavy atom. The van der Waals surface area contributed by atoms with Crippen molar-refractivity contribution in [1.82, 2.24) is 9.36 Å². The normalized spacial score (nSPS) is 15.7. The van der Waals surface area contributed by atoms with Crippen LogP contribution in [-0.2, 0) is 13.6 Å². The maximum atomic E-state index is 12.4. The van der Waals surface area contributed by atoms with Gasteiger partial charge >= 0.3 is 0 Å². The third-order valence-corrected chi connectivity index (χ3v) is 4.69. The monoisotopic (exact) mass is 305 g/mol. The first-order valence-electron chi connectivity index (χ1n) is 7.37. The maximum Gasteiger partial charge on any atom is 0.290 e. The fraction of sp³-hybridized carbons (Fsp3) is 0.438. The van der Waals surface area contributed by atoms with Crippen LogP contribution in [0.3, 0.4) is 0 Å². The summed E-state index contributed by atoms with van der Waals surface area (Å²) in [6, 6.07) is 7.55. The van der Waals surface area contributed by atoms with Gasteiger partial charge in [-0.1, -0.05) is 36.6 Å². The number of hydrogen-bond donors (Lipinski definition) is 1. The molecule has 0 radical (unpaired) electrons. The van der Waals surface area contributed by atoms with Crippen LogP contribution < -0.4 is 11.3 Å². The van der Waals surface area contributed by atoms with Crippen molar-refractivity contribution in [1.29, 1.82) is 0 Å². The molecule has 1 saturated carbocycles. The molecule has 112 valence electrons. The van der Waals surface area contributed by atoms with Gasteiger partial charge in [0.1, 0.15) is 5.69 Å². The van der Waals surface area contributed by atoms with E-state index < -0.39 is 0 Å². The van der Waals surface area contributed by atoms with Crippen LogP contribution in [0, 0.1) is 0 Å². The van der Waals surface area contributed by atoms with E-state index >= 15 is 0 Å². The predicted octanol–water partition coefficient (Wildman–Crippen LogP) is 3.13. The Balaban J connectivity index is 1.97. The number of anilines is 1. The molecule has 0 unspecified atom stereocenters. The Bertz CT molecular complexity index is 694. The fourth-order valence-corrected chi connectivity index (χ4v) is 3.44. The molecule has 5 heteroatoms. The highest BCUT2D eigenvalue weighted by Gasteiger charge is 2.26. The molecule has 2 aromatic rings. The lowest BCUT2D eigenvalue weighted by Crippen LogP contribution is -2.23. The zero-order chi connectivity index (χ0) is 15.0. The van der Waals surface area contributed by atoms with Crippen molar-refractivity contribution in [2.45, 2.75) is 38.1 Å². The van der Waals surface area contributed by atoms with E-state index in [1.54, 1.807) is 4.68 Å². The average Bonchev–Trinajstić information content (AvgIpc) is 3.05. The predicted molar refractivity (Wildman–Crippen MR) is 85.8 cm³/mol. The van der Waals surface area contributed by atoms with Crippen molar-refractivity contribution in [2.75, 3.05) is 5.73 Å². The highest BCUT2D eigenvalue weighted by molar-refractivity contribution is 6.30. The number of aromatic nitrogens is 2. The van der Waals surface area contributed by atoms with Gasteiger partial charge in [0.2, 0.25) is 0 Å². The Kier molecular flexibility index (Phi) is 3.81. The molecule has 0 amide bonds. The lowest BCUT2D eigenvalue weighted by molar-refractivity contribution is 0.498. The fourth-order valence-electron chi connectivity index (χ4n) is 3.31. The van der Waals surface area contributed by atoms with Crippen LogP contribution in [-0.4, -0.2) is 9.36 Å². The van der Waals surface area contributed by atoms with Crippen LogP contribution in [0.5, 0.6) is 0 Å². The summed E-state index contributed by atoms with van der Waals surface area (Å²) in [4.78, 5) is 12.4. The first-order chi connectivity index (χ1) is 10.1. The molecule has 2 N–H and O–H groups in total. The van der Waals surface area contributed by atoms with Gasteiger partial charge in [-0.2, -0.15) is 0 Å². The van der Waals surface area contributed by atoms with Gasteiger partial charge in [-0.15, -0.1) is 0 Å². The molecule has 21 heavy (non-hydrogen) atoms. The summed E-state index contributed by atoms with van der Waals surface area (Å²) in [6.07, 6.45) is 4.70. The van der Waals surface area contributed by atoms with Crippen LogP contribution in [0.25, 0.3) is 0 Å². The Labute approximate surface area is 129 Å². The maximum absolute atomic E-state index is 12.4. The Morgan fingerprint density at radius 2 is 1.86 bits per heavy atom. The summed E-state index contributed by atoms with van der Waals surface area (Å²) in [5.74, 6) is 0.425. The largest absolute Gasteiger partial charge is 0.393 e. The second-order valence-electron chi connectivity index (χ2n) is 5.79. The van der Waals surface area contributed by atoms with E-state index in [4.69, 9.17) is 17.3 Å². The van der Waals surface area contributed by atoms with E-state index in [2.05, 4.69) is 0 Å². The SMILES string of the molecule is Cn1c(C2CCCC2)c(N)c(=O)n1Cc1ccc(Cl)cc1. The molecular formula is C16H20ClN3O. The number of benzene rings is 1. The number of halogens is 1. The van der Waals surface area contributed by atoms with Crippen LogP contribution in [0.4, 0.5) is 5.69 Å². The zero-order valence-electron chi connectivity index (χ0n) is 12.2. The second-order valence-corrected chi connectivity index (χ2v) is 6.23. The summed E-state index contributed by atoms with van der Waals surface area (Å²) in [7, 11) is 1.93. The highest BCUT2D eigenvalue weighted by atomic mass is 35.5. The molecule has 0 atom stereocenters. The number of rotatable bonds is 3. The Hall–Kier alpha value is -1.68. The zero-order valence-corrected chi connectivity index (χ0v) is 12.9. The van der Waals surface area contributed by atoms with Crippen LogP contribution in [0.1, 0.15) is 42.9 Å². The minimum Gasteiger partial charge on any atom is -0.393 e. The van der Waals surface area contributed by atoms with E-state index in [0.29, 0.717) is 23.2 Å². The topological polar surface area (TPSA) is 52.9 Å². The molecule has 1 aliphatic rings. The van der Waals surface area contributed by atoms with Gasteiger partial charge in [-0.05, 0) is 30.5 Å². The van der Waals surface area contributed by atoms with Crippen molar-refractivity contribution >= 4 is 17.3 Å². The van der Waals surface area contributed by atoms with Crippen molar-refractivity contribution in [3.05, 3.63) is 50.9 Å². The molecule has 1 fully saturated rings. The molecule has 0 bridgehead atoms. The summed E-state index contributed by atoms with van der Waals surface area (Å²) < 4.78 is 3.66. The molecule has 1 aliphatic carbocycles. The molecule has 3 rings (SSSR count). The van der Waals surface area contributed by atoms with E-state index in [-0.39, 0.29) is 5.56 Å². The summed E-state index contributed by atoms with van der Waals surface area (Å²) in [5.41, 5.74) is 8.46. The van der Waals surface area contributed by atoms with E-state index in [9.17, 15) is 4.79 Å². The minimum atomic E-state index is -0.0886. The van der Waals surface area contributed by atoms with E-state index in [1.165, 1.54) is 12.8 Å². The van der Waals surface area contributed by atoms with Gasteiger partial charge in [0.05, 0.1) is 12.2 Å². The van der Waals surface area contributed by atoms with Gasteiger partial charge in [0, 0.05) is 18.0 Å². The van der Waals surface area contributed by atoms with E-state index in [0.717, 1.165) is 24.1 Å². The van der Waals surface area contributed by atoms with Gasteiger partial charge in [-0.3, -0.25) is 9.48 Å². The summed E-state index contributed by atoms with van der Waals surface area (Å²) >= 11 is 5.90. The van der Waals surface area contributed by atoms with Crippen LogP contribution >= 0.6 is 11.6 Å². The molecule has 0 aliphatic heterocycles. The van der Waals surface area contributed by atoms with Crippen molar-refractivity contribution in [2.24, 2.45) is 7.05 Å². The second kappa shape index (κ2) is 5.60. The van der Waals surface area contributed by atoms with Crippen molar-refractivity contribution < 1.29 is 0 Å². The summed E-state index contributed by atoms with van der Waals surface area (Å²) in [6.45, 7) is 0.517. The highest BCUT2D eigenvalue weighted by Crippen LogP contribution is 2.35. The first-order valence-corrected chi connectivity index (χ1v) is 7.75. The summed E-state index contributed by atoms with van der Waals surface area (Å²) in [5, 5.41) is 0.698. The molecule has 4 nitrogen and oxygen atoms in total. The van der Waals surface area contributed by atoms with Gasteiger partial charge in [0.25, 0.3) is 5.56 Å². The molecule has 1 aromatic carbocycles. The molecule has 0 saturated heterocycles. The first kappa shape index (κ1) is 14.3.